The summed E-state index contributed by atoms with van der Waals surface area (Å²) < 4.78 is 5.81. The van der Waals surface area contributed by atoms with E-state index in [4.69, 9.17) is 4.74 Å². The second-order valence-electron chi connectivity index (χ2n) is 5.43. The Labute approximate surface area is 126 Å². The van der Waals surface area contributed by atoms with Crippen LogP contribution in [0.5, 0.6) is 5.75 Å². The van der Waals surface area contributed by atoms with Crippen molar-refractivity contribution in [2.24, 2.45) is 0 Å². The average molecular weight is 279 g/mol. The van der Waals surface area contributed by atoms with Crippen LogP contribution >= 0.6 is 0 Å². The molecule has 0 atom stereocenters. The molecule has 0 fully saturated rings. The van der Waals surface area contributed by atoms with E-state index in [1.807, 2.05) is 30.3 Å². The number of nitrogens with zero attached hydrogens (tertiary/aromatic N) is 1. The molecule has 2 aromatic rings. The van der Waals surface area contributed by atoms with Crippen LogP contribution in [-0.4, -0.2) is 24.6 Å². The average Bonchev–Trinajstić information content (AvgIpc) is 2.56. The van der Waals surface area contributed by atoms with Crippen LogP contribution in [0.4, 0.5) is 0 Å². The monoisotopic (exact) mass is 279 g/mol. The summed E-state index contributed by atoms with van der Waals surface area (Å²) in [6, 6.07) is 20.7. The first-order chi connectivity index (χ1) is 10.4. The maximum atomic E-state index is 5.81. The summed E-state index contributed by atoms with van der Waals surface area (Å²) >= 11 is 0. The SMILES string of the molecule is C1=C(COc2ccccc2)CCN(Cc2ccccc2)C1. The highest BCUT2D eigenvalue weighted by atomic mass is 16.5. The highest BCUT2D eigenvalue weighted by molar-refractivity contribution is 5.22. The van der Waals surface area contributed by atoms with Gasteiger partial charge in [-0.1, -0.05) is 54.6 Å². The largest absolute Gasteiger partial charge is 0.489 e. The summed E-state index contributed by atoms with van der Waals surface area (Å²) in [7, 11) is 0. The lowest BCUT2D eigenvalue weighted by atomic mass is 10.1. The number of ether oxygens (including phenoxy) is 1. The number of hydrogen-bond donors (Lipinski definition) is 0. The zero-order valence-corrected chi connectivity index (χ0v) is 12.2. The molecule has 0 bridgehead atoms. The standard InChI is InChI=1S/C19H21NO/c1-3-7-17(8-4-1)15-20-13-11-18(12-14-20)16-21-19-9-5-2-6-10-19/h1-11H,12-16H2. The molecule has 1 aliphatic rings. The van der Waals surface area contributed by atoms with Crippen LogP contribution in [0.2, 0.25) is 0 Å². The van der Waals surface area contributed by atoms with E-state index in [9.17, 15) is 0 Å². The Balaban J connectivity index is 1.48. The van der Waals surface area contributed by atoms with Crippen molar-refractivity contribution in [2.45, 2.75) is 13.0 Å². The van der Waals surface area contributed by atoms with Gasteiger partial charge in [0.25, 0.3) is 0 Å². The molecule has 0 saturated carbocycles. The van der Waals surface area contributed by atoms with Gasteiger partial charge in [0, 0.05) is 19.6 Å². The molecule has 21 heavy (non-hydrogen) atoms. The van der Waals surface area contributed by atoms with E-state index in [-0.39, 0.29) is 0 Å². The van der Waals surface area contributed by atoms with Crippen molar-refractivity contribution >= 4 is 0 Å². The van der Waals surface area contributed by atoms with Gasteiger partial charge in [0.2, 0.25) is 0 Å². The number of para-hydroxylation sites is 1. The Morgan fingerprint density at radius 2 is 1.62 bits per heavy atom. The van der Waals surface area contributed by atoms with Crippen molar-refractivity contribution in [3.05, 3.63) is 77.9 Å². The van der Waals surface area contributed by atoms with Crippen LogP contribution in [0.25, 0.3) is 0 Å². The van der Waals surface area contributed by atoms with Crippen LogP contribution in [0.1, 0.15) is 12.0 Å². The van der Waals surface area contributed by atoms with E-state index in [0.29, 0.717) is 6.61 Å². The fraction of sp³-hybridized carbons (Fsp3) is 0.263. The van der Waals surface area contributed by atoms with Gasteiger partial charge in [-0.15, -0.1) is 0 Å². The van der Waals surface area contributed by atoms with Crippen molar-refractivity contribution in [2.75, 3.05) is 19.7 Å². The molecular formula is C19H21NO. The van der Waals surface area contributed by atoms with Crippen molar-refractivity contribution in [3.8, 4) is 5.75 Å². The quantitative estimate of drug-likeness (QED) is 0.770. The van der Waals surface area contributed by atoms with Crippen LogP contribution in [0.3, 0.4) is 0 Å². The lowest BCUT2D eigenvalue weighted by molar-refractivity contribution is 0.270. The molecule has 0 spiro atoms. The minimum Gasteiger partial charge on any atom is -0.489 e. The van der Waals surface area contributed by atoms with Crippen molar-refractivity contribution in [3.63, 3.8) is 0 Å². The second-order valence-corrected chi connectivity index (χ2v) is 5.43. The molecule has 1 aliphatic heterocycles. The summed E-state index contributed by atoms with van der Waals surface area (Å²) in [5.74, 6) is 0.949. The van der Waals surface area contributed by atoms with Gasteiger partial charge in [0.05, 0.1) is 0 Å². The number of benzene rings is 2. The first kappa shape index (κ1) is 13.9. The van der Waals surface area contributed by atoms with Crippen LogP contribution in [0, 0.1) is 0 Å². The lowest BCUT2D eigenvalue weighted by Crippen LogP contribution is -2.29. The highest BCUT2D eigenvalue weighted by Crippen LogP contribution is 2.16. The Morgan fingerprint density at radius 1 is 0.905 bits per heavy atom. The first-order valence-corrected chi connectivity index (χ1v) is 7.52. The van der Waals surface area contributed by atoms with Gasteiger partial charge in [0.15, 0.2) is 0 Å². The van der Waals surface area contributed by atoms with E-state index in [1.165, 1.54) is 11.1 Å². The molecule has 1 heterocycles. The Hall–Kier alpha value is -2.06. The molecule has 2 aromatic carbocycles. The van der Waals surface area contributed by atoms with Gasteiger partial charge in [-0.05, 0) is 29.7 Å². The third-order valence-corrected chi connectivity index (χ3v) is 3.80. The van der Waals surface area contributed by atoms with Gasteiger partial charge in [-0.3, -0.25) is 4.90 Å². The highest BCUT2D eigenvalue weighted by Gasteiger charge is 2.12. The van der Waals surface area contributed by atoms with Crippen molar-refractivity contribution in [1.29, 1.82) is 0 Å². The van der Waals surface area contributed by atoms with Crippen molar-refractivity contribution < 1.29 is 4.74 Å². The van der Waals surface area contributed by atoms with Gasteiger partial charge in [-0.25, -0.2) is 0 Å². The van der Waals surface area contributed by atoms with Crippen LogP contribution in [0.15, 0.2) is 72.3 Å². The van der Waals surface area contributed by atoms with Crippen LogP contribution < -0.4 is 4.74 Å². The van der Waals surface area contributed by atoms with E-state index >= 15 is 0 Å². The van der Waals surface area contributed by atoms with Gasteiger partial charge >= 0.3 is 0 Å². The predicted molar refractivity (Wildman–Crippen MR) is 86.4 cm³/mol. The fourth-order valence-electron chi connectivity index (χ4n) is 2.56. The Morgan fingerprint density at radius 3 is 2.29 bits per heavy atom. The third kappa shape index (κ3) is 4.20. The molecule has 108 valence electrons. The fourth-order valence-corrected chi connectivity index (χ4v) is 2.56. The summed E-state index contributed by atoms with van der Waals surface area (Å²) in [5.41, 5.74) is 2.79. The Kier molecular flexibility index (Phi) is 4.70. The molecular weight excluding hydrogens is 258 g/mol. The smallest absolute Gasteiger partial charge is 0.119 e. The lowest BCUT2D eigenvalue weighted by Gasteiger charge is -2.26. The van der Waals surface area contributed by atoms with Crippen LogP contribution in [-0.2, 0) is 6.54 Å². The molecule has 0 saturated heterocycles. The minimum atomic E-state index is 0.711. The predicted octanol–water partition coefficient (Wildman–Crippen LogP) is 3.90. The molecule has 0 N–H and O–H groups in total. The number of rotatable bonds is 5. The van der Waals surface area contributed by atoms with Crippen molar-refractivity contribution in [1.82, 2.24) is 4.90 Å². The first-order valence-electron chi connectivity index (χ1n) is 7.52. The third-order valence-electron chi connectivity index (χ3n) is 3.80. The van der Waals surface area contributed by atoms with E-state index in [1.54, 1.807) is 0 Å². The molecule has 0 aromatic heterocycles. The molecule has 0 aliphatic carbocycles. The summed E-state index contributed by atoms with van der Waals surface area (Å²) in [6.45, 7) is 3.87. The maximum absolute atomic E-state index is 5.81. The minimum absolute atomic E-state index is 0.711. The number of hydrogen-bond acceptors (Lipinski definition) is 2. The van der Waals surface area contributed by atoms with Gasteiger partial charge in [0.1, 0.15) is 12.4 Å². The van der Waals surface area contributed by atoms with Gasteiger partial charge in [-0.2, -0.15) is 0 Å². The molecule has 3 rings (SSSR count). The van der Waals surface area contributed by atoms with Gasteiger partial charge < -0.3 is 4.74 Å². The zero-order chi connectivity index (χ0) is 14.3. The Bertz CT molecular complexity index is 577. The maximum Gasteiger partial charge on any atom is 0.119 e. The molecule has 2 heteroatoms. The second kappa shape index (κ2) is 7.09. The summed E-state index contributed by atoms with van der Waals surface area (Å²) in [5, 5.41) is 0. The molecule has 0 unspecified atom stereocenters. The van der Waals surface area contributed by atoms with E-state index in [2.05, 4.69) is 41.3 Å². The van der Waals surface area contributed by atoms with E-state index < -0.39 is 0 Å². The zero-order valence-electron chi connectivity index (χ0n) is 12.2. The summed E-state index contributed by atoms with van der Waals surface area (Å²) in [4.78, 5) is 2.47. The summed E-state index contributed by atoms with van der Waals surface area (Å²) in [6.07, 6.45) is 3.41. The topological polar surface area (TPSA) is 12.5 Å². The molecule has 0 radical (unpaired) electrons. The normalized spacial score (nSPS) is 15.5. The molecule has 2 nitrogen and oxygen atoms in total. The molecule has 0 amide bonds. The van der Waals surface area contributed by atoms with E-state index in [0.717, 1.165) is 31.8 Å².